The van der Waals surface area contributed by atoms with Crippen LogP contribution < -0.4 is 10.1 Å². The van der Waals surface area contributed by atoms with Crippen LogP contribution in [-0.4, -0.2) is 29.4 Å². The molecule has 1 amide bonds. The molecule has 21 heavy (non-hydrogen) atoms. The van der Waals surface area contributed by atoms with Gasteiger partial charge >= 0.3 is 12.3 Å². The first-order chi connectivity index (χ1) is 9.73. The predicted octanol–water partition coefficient (Wildman–Crippen LogP) is 2.57. The maximum absolute atomic E-state index is 12.1. The number of hydrogen-bond donors (Lipinski definition) is 2. The zero-order valence-corrected chi connectivity index (χ0v) is 11.1. The Morgan fingerprint density at radius 1 is 1.38 bits per heavy atom. The number of carboxylic acids is 1. The van der Waals surface area contributed by atoms with Crippen molar-refractivity contribution in [1.29, 1.82) is 0 Å². The van der Waals surface area contributed by atoms with Gasteiger partial charge in [0.1, 0.15) is 11.8 Å². The van der Waals surface area contributed by atoms with Gasteiger partial charge in [0.25, 0.3) is 5.91 Å². The van der Waals surface area contributed by atoms with E-state index in [-0.39, 0.29) is 12.0 Å². The lowest BCUT2D eigenvalue weighted by atomic mass is 10.1. The van der Waals surface area contributed by atoms with Crippen LogP contribution in [0.4, 0.5) is 13.2 Å². The second kappa shape index (κ2) is 6.96. The Labute approximate surface area is 118 Å². The molecule has 0 saturated heterocycles. The second-order valence-corrected chi connectivity index (χ2v) is 4.23. The van der Waals surface area contributed by atoms with Gasteiger partial charge < -0.3 is 15.2 Å². The lowest BCUT2D eigenvalue weighted by Gasteiger charge is -2.14. The number of rotatable bonds is 6. The van der Waals surface area contributed by atoms with Crippen LogP contribution in [-0.2, 0) is 4.79 Å². The molecule has 1 aromatic carbocycles. The summed E-state index contributed by atoms with van der Waals surface area (Å²) in [5.41, 5.74) is -0.112. The van der Waals surface area contributed by atoms with Gasteiger partial charge in [-0.3, -0.25) is 4.79 Å². The fourth-order valence-corrected chi connectivity index (χ4v) is 1.62. The molecule has 0 bridgehead atoms. The quantitative estimate of drug-likeness (QED) is 0.847. The lowest BCUT2D eigenvalue weighted by Crippen LogP contribution is -2.40. The largest absolute Gasteiger partial charge is 0.573 e. The first kappa shape index (κ1) is 16.8. The van der Waals surface area contributed by atoms with Gasteiger partial charge in [0.2, 0.25) is 0 Å². The van der Waals surface area contributed by atoms with Crippen molar-refractivity contribution in [3.63, 3.8) is 0 Å². The molecule has 0 spiro atoms. The summed E-state index contributed by atoms with van der Waals surface area (Å²) < 4.78 is 40.0. The van der Waals surface area contributed by atoms with Crippen LogP contribution >= 0.6 is 0 Å². The van der Waals surface area contributed by atoms with Gasteiger partial charge in [-0.05, 0) is 24.6 Å². The smallest absolute Gasteiger partial charge is 0.480 e. The van der Waals surface area contributed by atoms with Crippen molar-refractivity contribution in [1.82, 2.24) is 5.32 Å². The Kier molecular flexibility index (Phi) is 5.57. The highest BCUT2D eigenvalue weighted by Gasteiger charge is 2.31. The Morgan fingerprint density at radius 2 is 2.05 bits per heavy atom. The van der Waals surface area contributed by atoms with Crippen LogP contribution in [0.2, 0.25) is 0 Å². The van der Waals surface area contributed by atoms with Crippen LogP contribution in [0.1, 0.15) is 30.1 Å². The second-order valence-electron chi connectivity index (χ2n) is 4.23. The zero-order chi connectivity index (χ0) is 16.0. The number of amides is 1. The Balaban J connectivity index is 2.82. The molecule has 0 aliphatic heterocycles. The van der Waals surface area contributed by atoms with E-state index in [1.54, 1.807) is 6.92 Å². The molecule has 0 aliphatic rings. The fourth-order valence-electron chi connectivity index (χ4n) is 1.62. The van der Waals surface area contributed by atoms with Gasteiger partial charge in [0, 0.05) is 5.56 Å². The number of aliphatic carboxylic acids is 1. The molecule has 0 radical (unpaired) electrons. The van der Waals surface area contributed by atoms with Crippen molar-refractivity contribution < 1.29 is 32.6 Å². The normalized spacial score (nSPS) is 12.6. The Bertz CT molecular complexity index is 516. The minimum Gasteiger partial charge on any atom is -0.480 e. The molecular weight excluding hydrogens is 291 g/mol. The number of hydrogen-bond acceptors (Lipinski definition) is 3. The first-order valence-corrected chi connectivity index (χ1v) is 6.12. The van der Waals surface area contributed by atoms with Crippen molar-refractivity contribution in [3.05, 3.63) is 29.8 Å². The summed E-state index contributed by atoms with van der Waals surface area (Å²) in [6.45, 7) is 1.75. The van der Waals surface area contributed by atoms with Crippen LogP contribution in [0.25, 0.3) is 0 Å². The van der Waals surface area contributed by atoms with Crippen molar-refractivity contribution in [2.24, 2.45) is 0 Å². The van der Waals surface area contributed by atoms with Gasteiger partial charge in [0.15, 0.2) is 0 Å². The van der Waals surface area contributed by atoms with Crippen molar-refractivity contribution in [3.8, 4) is 5.75 Å². The van der Waals surface area contributed by atoms with E-state index in [0.29, 0.717) is 6.42 Å². The average molecular weight is 305 g/mol. The van der Waals surface area contributed by atoms with Gasteiger partial charge in [-0.25, -0.2) is 4.79 Å². The van der Waals surface area contributed by atoms with Gasteiger partial charge in [0.05, 0.1) is 0 Å². The zero-order valence-electron chi connectivity index (χ0n) is 11.1. The molecule has 5 nitrogen and oxygen atoms in total. The number of nitrogens with one attached hydrogen (secondary N) is 1. The summed E-state index contributed by atoms with van der Waals surface area (Å²) in [7, 11) is 0. The summed E-state index contributed by atoms with van der Waals surface area (Å²) in [5.74, 6) is -2.52. The third-order valence-electron chi connectivity index (χ3n) is 2.51. The van der Waals surface area contributed by atoms with Crippen LogP contribution in [0.5, 0.6) is 5.75 Å². The van der Waals surface area contributed by atoms with E-state index in [1.165, 1.54) is 12.1 Å². The number of benzene rings is 1. The monoisotopic (exact) mass is 305 g/mol. The molecule has 0 heterocycles. The lowest BCUT2D eigenvalue weighted by molar-refractivity contribution is -0.274. The molecular formula is C13H14F3NO4. The molecule has 0 saturated carbocycles. The highest BCUT2D eigenvalue weighted by atomic mass is 19.4. The van der Waals surface area contributed by atoms with Gasteiger partial charge in [-0.15, -0.1) is 13.2 Å². The van der Waals surface area contributed by atoms with E-state index in [2.05, 4.69) is 10.1 Å². The highest BCUT2D eigenvalue weighted by Crippen LogP contribution is 2.23. The first-order valence-electron chi connectivity index (χ1n) is 6.12. The summed E-state index contributed by atoms with van der Waals surface area (Å²) in [4.78, 5) is 22.8. The molecule has 0 aromatic heterocycles. The van der Waals surface area contributed by atoms with E-state index in [9.17, 15) is 22.8 Å². The SMILES string of the molecule is CCCC(NC(=O)c1cccc(OC(F)(F)F)c1)C(=O)O. The Hall–Kier alpha value is -2.25. The summed E-state index contributed by atoms with van der Waals surface area (Å²) >= 11 is 0. The highest BCUT2D eigenvalue weighted by molar-refractivity contribution is 5.96. The molecule has 0 aliphatic carbocycles. The molecule has 2 N–H and O–H groups in total. The van der Waals surface area contributed by atoms with Crippen molar-refractivity contribution in [2.75, 3.05) is 0 Å². The van der Waals surface area contributed by atoms with E-state index in [0.717, 1.165) is 12.1 Å². The molecule has 8 heteroatoms. The fraction of sp³-hybridized carbons (Fsp3) is 0.385. The topological polar surface area (TPSA) is 75.6 Å². The standard InChI is InChI=1S/C13H14F3NO4/c1-2-4-10(12(19)20)17-11(18)8-5-3-6-9(7-8)21-13(14,15)16/h3,5-7,10H,2,4H2,1H3,(H,17,18)(H,19,20). The molecule has 0 fully saturated rings. The van der Waals surface area contributed by atoms with E-state index < -0.39 is 30.0 Å². The molecule has 1 aromatic rings. The van der Waals surface area contributed by atoms with Crippen LogP contribution in [0, 0.1) is 0 Å². The Morgan fingerprint density at radius 3 is 2.57 bits per heavy atom. The minimum atomic E-state index is -4.86. The molecule has 116 valence electrons. The average Bonchev–Trinajstić information content (AvgIpc) is 2.36. The summed E-state index contributed by atoms with van der Waals surface area (Å²) in [5, 5.41) is 11.2. The van der Waals surface area contributed by atoms with E-state index in [1.807, 2.05) is 0 Å². The minimum absolute atomic E-state index is 0.112. The molecule has 1 rings (SSSR count). The third-order valence-corrected chi connectivity index (χ3v) is 2.51. The summed E-state index contributed by atoms with van der Waals surface area (Å²) in [6, 6.07) is 3.34. The number of alkyl halides is 3. The van der Waals surface area contributed by atoms with Crippen molar-refractivity contribution >= 4 is 11.9 Å². The van der Waals surface area contributed by atoms with Gasteiger partial charge in [-0.1, -0.05) is 19.4 Å². The van der Waals surface area contributed by atoms with Crippen molar-refractivity contribution in [2.45, 2.75) is 32.2 Å². The number of carboxylic acid groups (broad SMARTS) is 1. The van der Waals surface area contributed by atoms with Gasteiger partial charge in [-0.2, -0.15) is 0 Å². The number of halogens is 3. The van der Waals surface area contributed by atoms with E-state index in [4.69, 9.17) is 5.11 Å². The number of carbonyl (C=O) groups excluding carboxylic acids is 1. The number of ether oxygens (including phenoxy) is 1. The molecule has 1 unspecified atom stereocenters. The maximum Gasteiger partial charge on any atom is 0.573 e. The van der Waals surface area contributed by atoms with E-state index >= 15 is 0 Å². The van der Waals surface area contributed by atoms with Crippen LogP contribution in [0.15, 0.2) is 24.3 Å². The maximum atomic E-state index is 12.1. The third kappa shape index (κ3) is 5.72. The van der Waals surface area contributed by atoms with Crippen LogP contribution in [0.3, 0.4) is 0 Å². The number of carbonyl (C=O) groups is 2. The summed E-state index contributed by atoms with van der Waals surface area (Å²) in [6.07, 6.45) is -4.10. The predicted molar refractivity (Wildman–Crippen MR) is 66.9 cm³/mol. The molecule has 1 atom stereocenters.